The zero-order valence-electron chi connectivity index (χ0n) is 7.14. The summed E-state index contributed by atoms with van der Waals surface area (Å²) in [6.45, 7) is 0. The smallest absolute Gasteiger partial charge is 0.333 e. The molecular weight excluding hydrogens is 269 g/mol. The second-order valence-electron chi connectivity index (χ2n) is 1.65. The summed E-state index contributed by atoms with van der Waals surface area (Å²) in [5.74, 6) is 0. The normalized spacial score (nSPS) is 13.1. The number of allylic oxidation sites excluding steroid dienone is 2. The second kappa shape index (κ2) is 10.2. The van der Waals surface area contributed by atoms with Crippen molar-refractivity contribution in [1.29, 1.82) is 0 Å². The Morgan fingerprint density at radius 1 is 1.20 bits per heavy atom. The summed E-state index contributed by atoms with van der Waals surface area (Å²) >= 11 is 1.58. The van der Waals surface area contributed by atoms with Gasteiger partial charge in [0.15, 0.2) is 0 Å². The van der Waals surface area contributed by atoms with E-state index in [1.807, 2.05) is 23.8 Å². The van der Waals surface area contributed by atoms with Crippen LogP contribution >= 0.6 is 20.2 Å². The van der Waals surface area contributed by atoms with Crippen molar-refractivity contribution in [1.82, 2.24) is 4.72 Å². The van der Waals surface area contributed by atoms with Gasteiger partial charge in [-0.1, -0.05) is 6.08 Å². The van der Waals surface area contributed by atoms with E-state index < -0.39 is 18.7 Å². The van der Waals surface area contributed by atoms with Crippen LogP contribution in [-0.4, -0.2) is 27.3 Å². The van der Waals surface area contributed by atoms with Crippen LogP contribution in [0, 0.1) is 0 Å². The molecule has 0 aliphatic carbocycles. The number of rotatable bonds is 0. The van der Waals surface area contributed by atoms with Crippen molar-refractivity contribution in [2.24, 2.45) is 0 Å². The molecule has 0 aromatic rings. The molecule has 0 radical (unpaired) electrons. The molecule has 1 aliphatic heterocycles. The van der Waals surface area contributed by atoms with Crippen LogP contribution in [0.5, 0.6) is 0 Å². The van der Waals surface area contributed by atoms with Gasteiger partial charge < -0.3 is 14.5 Å². The van der Waals surface area contributed by atoms with E-state index in [2.05, 4.69) is 4.72 Å². The lowest BCUT2D eigenvalue weighted by molar-refractivity contribution is 0.380. The lowest BCUT2D eigenvalue weighted by Crippen LogP contribution is -1.89. The highest BCUT2D eigenvalue weighted by Crippen LogP contribution is 1.99. The Labute approximate surface area is 91.4 Å². The van der Waals surface area contributed by atoms with E-state index >= 15 is 0 Å². The highest BCUT2D eigenvalue weighted by Gasteiger charge is 1.84. The Morgan fingerprint density at radius 2 is 1.60 bits per heavy atom. The standard InChI is InChI=1S/C4H5NS.H2O4S.H3O3P/c1-2-4-6-5-3-1;1-5(2,3)4;1-4(2)3/h1-5H;(H2,1,2,3,4);4H,(H2,1,2,3). The fraction of sp³-hybridized carbons (Fsp3) is 0. The van der Waals surface area contributed by atoms with Gasteiger partial charge in [-0.25, -0.2) is 0 Å². The van der Waals surface area contributed by atoms with Crippen LogP contribution < -0.4 is 4.72 Å². The number of hydrogen-bond acceptors (Lipinski definition) is 5. The minimum atomic E-state index is -4.67. The molecule has 1 rings (SSSR count). The maximum Gasteiger partial charge on any atom is 0.394 e. The summed E-state index contributed by atoms with van der Waals surface area (Å²) in [5, 5.41) is 1.99. The molecule has 5 N–H and O–H groups in total. The summed E-state index contributed by atoms with van der Waals surface area (Å²) in [4.78, 5) is 14.3. The Balaban J connectivity index is 0. The Bertz CT molecular complexity index is 300. The van der Waals surface area contributed by atoms with E-state index in [-0.39, 0.29) is 0 Å². The Kier molecular flexibility index (Phi) is 11.6. The number of hydrogen-bond donors (Lipinski definition) is 5. The maximum absolute atomic E-state index is 8.74. The molecule has 15 heavy (non-hydrogen) atoms. The van der Waals surface area contributed by atoms with E-state index in [0.717, 1.165) is 0 Å². The van der Waals surface area contributed by atoms with Crippen LogP contribution in [0.4, 0.5) is 0 Å². The summed E-state index contributed by atoms with van der Waals surface area (Å²) < 4.78 is 43.3. The molecule has 0 saturated carbocycles. The molecule has 0 bridgehead atoms. The van der Waals surface area contributed by atoms with Gasteiger partial charge in [0.25, 0.3) is 0 Å². The van der Waals surface area contributed by atoms with E-state index in [4.69, 9.17) is 31.9 Å². The van der Waals surface area contributed by atoms with Crippen LogP contribution in [-0.2, 0) is 15.0 Å². The maximum atomic E-state index is 8.74. The van der Waals surface area contributed by atoms with E-state index in [0.29, 0.717) is 0 Å². The summed E-state index contributed by atoms with van der Waals surface area (Å²) in [6, 6.07) is 0. The largest absolute Gasteiger partial charge is 0.394 e. The van der Waals surface area contributed by atoms with Crippen molar-refractivity contribution >= 4 is 30.6 Å². The SMILES string of the molecule is C1=CNSC=C1.O=S(=O)(O)O.O=[PH](O)O. The topological polar surface area (TPSA) is 144 Å². The average molecular weight is 279 g/mol. The zero-order chi connectivity index (χ0) is 12.3. The third kappa shape index (κ3) is 58.0. The molecule has 0 unspecified atom stereocenters. The molecule has 90 valence electrons. The molecule has 0 aromatic heterocycles. The van der Waals surface area contributed by atoms with Gasteiger partial charge in [0.05, 0.1) is 0 Å². The van der Waals surface area contributed by atoms with Gasteiger partial charge in [-0.05, 0) is 23.4 Å². The molecule has 8 nitrogen and oxygen atoms in total. The zero-order valence-corrected chi connectivity index (χ0v) is 9.77. The quantitative estimate of drug-likeness (QED) is 0.234. The lowest BCUT2D eigenvalue weighted by atomic mass is 10.6. The highest BCUT2D eigenvalue weighted by atomic mass is 32.3. The summed E-state index contributed by atoms with van der Waals surface area (Å²) in [7, 11) is -7.80. The number of nitrogens with one attached hydrogen (secondary N) is 1. The molecule has 1 heterocycles. The van der Waals surface area contributed by atoms with Gasteiger partial charge in [0.2, 0.25) is 0 Å². The van der Waals surface area contributed by atoms with Crippen LogP contribution in [0.2, 0.25) is 0 Å². The molecule has 1 aliphatic rings. The van der Waals surface area contributed by atoms with E-state index in [1.165, 1.54) is 0 Å². The Hall–Kier alpha value is -0.350. The first-order valence-corrected chi connectivity index (χ1v) is 6.66. The van der Waals surface area contributed by atoms with Crippen LogP contribution in [0.1, 0.15) is 0 Å². The monoisotopic (exact) mass is 279 g/mol. The fourth-order valence-electron chi connectivity index (χ4n) is 0.258. The third-order valence-electron chi connectivity index (χ3n) is 0.490. The van der Waals surface area contributed by atoms with Crippen molar-refractivity contribution in [3.8, 4) is 0 Å². The molecular formula is C4H10NO7PS2. The van der Waals surface area contributed by atoms with Crippen LogP contribution in [0.15, 0.2) is 23.8 Å². The Morgan fingerprint density at radius 3 is 1.67 bits per heavy atom. The summed E-state index contributed by atoms with van der Waals surface area (Å²) in [5.41, 5.74) is 0. The molecule has 0 spiro atoms. The first kappa shape index (κ1) is 17.1. The van der Waals surface area contributed by atoms with Crippen molar-refractivity contribution in [3.63, 3.8) is 0 Å². The van der Waals surface area contributed by atoms with E-state index in [1.54, 1.807) is 11.9 Å². The highest BCUT2D eigenvalue weighted by molar-refractivity contribution is 8.00. The fourth-order valence-corrected chi connectivity index (χ4v) is 0.663. The molecule has 0 fully saturated rings. The molecule has 0 amide bonds. The van der Waals surface area contributed by atoms with Gasteiger partial charge in [-0.15, -0.1) is 0 Å². The minimum absolute atomic E-state index is 1.58. The van der Waals surface area contributed by atoms with Crippen molar-refractivity contribution < 1.29 is 31.9 Å². The third-order valence-corrected chi connectivity index (χ3v) is 1.06. The molecule has 0 aromatic carbocycles. The average Bonchev–Trinajstić information content (AvgIpc) is 2.03. The van der Waals surface area contributed by atoms with Gasteiger partial charge >= 0.3 is 18.7 Å². The summed E-state index contributed by atoms with van der Waals surface area (Å²) in [6.07, 6.45) is 5.84. The van der Waals surface area contributed by atoms with Gasteiger partial charge in [0, 0.05) is 6.20 Å². The molecule has 0 saturated heterocycles. The molecule has 0 atom stereocenters. The van der Waals surface area contributed by atoms with Gasteiger partial charge in [-0.3, -0.25) is 13.7 Å². The predicted octanol–water partition coefficient (Wildman–Crippen LogP) is -0.0269. The van der Waals surface area contributed by atoms with Gasteiger partial charge in [-0.2, -0.15) is 8.42 Å². The first-order valence-electron chi connectivity index (χ1n) is 3.08. The van der Waals surface area contributed by atoms with Crippen molar-refractivity contribution in [2.75, 3.05) is 0 Å². The predicted molar refractivity (Wildman–Crippen MR) is 56.6 cm³/mol. The first-order chi connectivity index (χ1) is 6.73. The van der Waals surface area contributed by atoms with Crippen molar-refractivity contribution in [3.05, 3.63) is 23.8 Å². The van der Waals surface area contributed by atoms with Crippen molar-refractivity contribution in [2.45, 2.75) is 0 Å². The van der Waals surface area contributed by atoms with Crippen LogP contribution in [0.3, 0.4) is 0 Å². The lowest BCUT2D eigenvalue weighted by Gasteiger charge is -1.93. The molecule has 11 heteroatoms. The van der Waals surface area contributed by atoms with Crippen LogP contribution in [0.25, 0.3) is 0 Å². The van der Waals surface area contributed by atoms with Gasteiger partial charge in [0.1, 0.15) is 0 Å². The van der Waals surface area contributed by atoms with E-state index in [9.17, 15) is 0 Å². The second-order valence-corrected chi connectivity index (χ2v) is 3.86. The minimum Gasteiger partial charge on any atom is -0.333 e.